The lowest BCUT2D eigenvalue weighted by atomic mass is 9.77. The molecule has 0 aromatic carbocycles. The maximum atomic E-state index is 12.2. The zero-order valence-corrected chi connectivity index (χ0v) is 13.9. The molecule has 5 heteroatoms. The molecule has 1 rings (SSSR count). The maximum Gasteiger partial charge on any atom is 0.220 e. The van der Waals surface area contributed by atoms with Crippen molar-refractivity contribution in [2.24, 2.45) is 16.5 Å². The van der Waals surface area contributed by atoms with Gasteiger partial charge < -0.3 is 5.32 Å². The van der Waals surface area contributed by atoms with Gasteiger partial charge in [0.1, 0.15) is 0 Å². The van der Waals surface area contributed by atoms with Gasteiger partial charge in [-0.1, -0.05) is 25.9 Å². The summed E-state index contributed by atoms with van der Waals surface area (Å²) in [5.41, 5.74) is -0.742. The highest BCUT2D eigenvalue weighted by Gasteiger charge is 2.34. The van der Waals surface area contributed by atoms with Crippen LogP contribution in [0.4, 0.5) is 0 Å². The number of rotatable bonds is 5. The van der Waals surface area contributed by atoms with E-state index in [4.69, 9.17) is 0 Å². The molecule has 0 bridgehead atoms. The SMILES string of the molecule is CC(=O)C(NC(=O)CC1CCC(C)(N=O)CC1)C(C)(C)C. The van der Waals surface area contributed by atoms with Crippen LogP contribution in [0.25, 0.3) is 0 Å². The Morgan fingerprint density at radius 2 is 1.81 bits per heavy atom. The predicted molar refractivity (Wildman–Crippen MR) is 82.8 cm³/mol. The van der Waals surface area contributed by atoms with Crippen LogP contribution >= 0.6 is 0 Å². The summed E-state index contributed by atoms with van der Waals surface area (Å²) in [5, 5.41) is 6.07. The number of hydrogen-bond donors (Lipinski definition) is 1. The lowest BCUT2D eigenvalue weighted by molar-refractivity contribution is -0.129. The van der Waals surface area contributed by atoms with Gasteiger partial charge in [-0.3, -0.25) is 9.59 Å². The molecule has 0 aromatic heterocycles. The second-order valence-corrected chi connectivity index (χ2v) is 7.71. The number of carbonyl (C=O) groups excluding carboxylic acids is 2. The summed E-state index contributed by atoms with van der Waals surface area (Å²) in [6, 6.07) is -0.449. The summed E-state index contributed by atoms with van der Waals surface area (Å²) in [7, 11) is 0. The summed E-state index contributed by atoms with van der Waals surface area (Å²) in [5.74, 6) is 0.197. The Morgan fingerprint density at radius 3 is 2.19 bits per heavy atom. The second kappa shape index (κ2) is 6.67. The third-order valence-corrected chi connectivity index (χ3v) is 4.45. The Kier molecular flexibility index (Phi) is 5.65. The molecule has 1 fully saturated rings. The highest BCUT2D eigenvalue weighted by Crippen LogP contribution is 2.36. The van der Waals surface area contributed by atoms with Gasteiger partial charge in [0.15, 0.2) is 5.78 Å². The standard InChI is InChI=1S/C16H28N2O3/c1-11(19)14(15(2,3)4)17-13(20)10-12-6-8-16(5,18-21)9-7-12/h12,14H,6-10H2,1-5H3,(H,17,20). The van der Waals surface area contributed by atoms with Crippen molar-refractivity contribution in [2.75, 3.05) is 0 Å². The van der Waals surface area contributed by atoms with E-state index in [0.717, 1.165) is 25.7 Å². The van der Waals surface area contributed by atoms with E-state index in [1.165, 1.54) is 6.92 Å². The quantitative estimate of drug-likeness (QED) is 0.791. The Balaban J connectivity index is 2.51. The number of nitrogens with zero attached hydrogens (tertiary/aromatic N) is 1. The van der Waals surface area contributed by atoms with Gasteiger partial charge in [0.05, 0.1) is 11.6 Å². The monoisotopic (exact) mass is 296 g/mol. The Morgan fingerprint density at radius 1 is 1.29 bits per heavy atom. The average Bonchev–Trinajstić information content (AvgIpc) is 2.37. The molecule has 1 aliphatic rings. The van der Waals surface area contributed by atoms with E-state index in [-0.39, 0.29) is 23.0 Å². The van der Waals surface area contributed by atoms with Crippen LogP contribution < -0.4 is 5.32 Å². The molecule has 0 spiro atoms. The average molecular weight is 296 g/mol. The van der Waals surface area contributed by atoms with Crippen molar-refractivity contribution in [1.82, 2.24) is 5.32 Å². The second-order valence-electron chi connectivity index (χ2n) is 7.71. The fraction of sp³-hybridized carbons (Fsp3) is 0.875. The van der Waals surface area contributed by atoms with Gasteiger partial charge in [0.25, 0.3) is 0 Å². The van der Waals surface area contributed by atoms with Crippen molar-refractivity contribution in [3.63, 3.8) is 0 Å². The summed E-state index contributed by atoms with van der Waals surface area (Å²) in [6.45, 7) is 9.23. The first-order chi connectivity index (χ1) is 9.57. The topological polar surface area (TPSA) is 75.6 Å². The minimum Gasteiger partial charge on any atom is -0.346 e. The van der Waals surface area contributed by atoms with Gasteiger partial charge in [-0.15, -0.1) is 0 Å². The Labute approximate surface area is 127 Å². The number of nitroso groups, excluding NO2 is 1. The lowest BCUT2D eigenvalue weighted by Gasteiger charge is -2.33. The van der Waals surface area contributed by atoms with Gasteiger partial charge in [-0.25, -0.2) is 0 Å². The molecule has 120 valence electrons. The van der Waals surface area contributed by atoms with Crippen LogP contribution in [-0.2, 0) is 9.59 Å². The Bertz CT molecular complexity index is 404. The molecule has 5 nitrogen and oxygen atoms in total. The first-order valence-electron chi connectivity index (χ1n) is 7.72. The third kappa shape index (κ3) is 5.21. The van der Waals surface area contributed by atoms with Crippen molar-refractivity contribution in [3.05, 3.63) is 4.91 Å². The fourth-order valence-corrected chi connectivity index (χ4v) is 3.00. The zero-order chi connectivity index (χ0) is 16.3. The molecule has 1 N–H and O–H groups in total. The number of Topliss-reactive ketones (excluding diaryl/α,β-unsaturated/α-hetero) is 1. The van der Waals surface area contributed by atoms with Crippen molar-refractivity contribution in [2.45, 2.75) is 78.3 Å². The van der Waals surface area contributed by atoms with Crippen LogP contribution in [0.15, 0.2) is 5.18 Å². The van der Waals surface area contributed by atoms with Crippen molar-refractivity contribution >= 4 is 11.7 Å². The van der Waals surface area contributed by atoms with Crippen molar-refractivity contribution < 1.29 is 9.59 Å². The van der Waals surface area contributed by atoms with E-state index in [0.29, 0.717) is 6.42 Å². The molecule has 0 saturated heterocycles. The van der Waals surface area contributed by atoms with Crippen LogP contribution in [0.1, 0.15) is 66.7 Å². The predicted octanol–water partition coefficient (Wildman–Crippen LogP) is 3.21. The first-order valence-corrected chi connectivity index (χ1v) is 7.72. The summed E-state index contributed by atoms with van der Waals surface area (Å²) in [4.78, 5) is 34.6. The molecule has 1 unspecified atom stereocenters. The number of hydrogen-bond acceptors (Lipinski definition) is 4. The first kappa shape index (κ1) is 17.8. The van der Waals surface area contributed by atoms with Crippen LogP contribution in [-0.4, -0.2) is 23.3 Å². The van der Waals surface area contributed by atoms with E-state index >= 15 is 0 Å². The molecule has 1 saturated carbocycles. The number of carbonyl (C=O) groups is 2. The van der Waals surface area contributed by atoms with Gasteiger partial charge in [-0.05, 0) is 50.9 Å². The number of ketones is 1. The zero-order valence-electron chi connectivity index (χ0n) is 13.9. The summed E-state index contributed by atoms with van der Waals surface area (Å²) < 4.78 is 0. The van der Waals surface area contributed by atoms with E-state index in [9.17, 15) is 14.5 Å². The maximum absolute atomic E-state index is 12.2. The Hall–Kier alpha value is -1.26. The van der Waals surface area contributed by atoms with Crippen molar-refractivity contribution in [3.8, 4) is 0 Å². The molecule has 0 radical (unpaired) electrons. The van der Waals surface area contributed by atoms with Crippen LogP contribution in [0, 0.1) is 16.2 Å². The molecular formula is C16H28N2O3. The van der Waals surface area contributed by atoms with Crippen LogP contribution in [0.3, 0.4) is 0 Å². The lowest BCUT2D eigenvalue weighted by Crippen LogP contribution is -2.48. The molecule has 0 aliphatic heterocycles. The highest BCUT2D eigenvalue weighted by molar-refractivity contribution is 5.88. The number of nitrogens with one attached hydrogen (secondary N) is 1. The molecule has 1 atom stereocenters. The van der Waals surface area contributed by atoms with Crippen LogP contribution in [0.2, 0.25) is 0 Å². The fourth-order valence-electron chi connectivity index (χ4n) is 3.00. The molecule has 1 amide bonds. The van der Waals surface area contributed by atoms with Gasteiger partial charge in [0.2, 0.25) is 5.91 Å². The van der Waals surface area contributed by atoms with Gasteiger partial charge in [-0.2, -0.15) is 4.91 Å². The minimum atomic E-state index is -0.458. The number of amides is 1. The van der Waals surface area contributed by atoms with Crippen LogP contribution in [0.5, 0.6) is 0 Å². The van der Waals surface area contributed by atoms with Crippen molar-refractivity contribution in [1.29, 1.82) is 0 Å². The van der Waals surface area contributed by atoms with Gasteiger partial charge in [0, 0.05) is 6.42 Å². The molecule has 21 heavy (non-hydrogen) atoms. The smallest absolute Gasteiger partial charge is 0.220 e. The van der Waals surface area contributed by atoms with E-state index in [1.807, 2.05) is 27.7 Å². The largest absolute Gasteiger partial charge is 0.346 e. The molecule has 0 aromatic rings. The minimum absolute atomic E-state index is 0.0165. The van der Waals surface area contributed by atoms with E-state index in [1.54, 1.807) is 0 Å². The van der Waals surface area contributed by atoms with Gasteiger partial charge >= 0.3 is 0 Å². The normalized spacial score (nSPS) is 27.8. The van der Waals surface area contributed by atoms with E-state index < -0.39 is 11.6 Å². The highest BCUT2D eigenvalue weighted by atomic mass is 16.3. The molecule has 0 heterocycles. The molecular weight excluding hydrogens is 268 g/mol. The summed E-state index contributed by atoms with van der Waals surface area (Å²) >= 11 is 0. The molecule has 1 aliphatic carbocycles. The third-order valence-electron chi connectivity index (χ3n) is 4.45. The summed E-state index contributed by atoms with van der Waals surface area (Å²) in [6.07, 6.45) is 3.59. The van der Waals surface area contributed by atoms with E-state index in [2.05, 4.69) is 10.5 Å².